The second-order valence-corrected chi connectivity index (χ2v) is 6.32. The first-order chi connectivity index (χ1) is 12.9. The Labute approximate surface area is 153 Å². The van der Waals surface area contributed by atoms with Crippen molar-refractivity contribution in [2.45, 2.75) is 18.9 Å². The van der Waals surface area contributed by atoms with Gasteiger partial charge in [-0.15, -0.1) is 0 Å². The lowest BCUT2D eigenvalue weighted by atomic mass is 10.1. The highest BCUT2D eigenvalue weighted by Crippen LogP contribution is 2.23. The third kappa shape index (κ3) is 4.04. The Morgan fingerprint density at radius 3 is 2.85 bits per heavy atom. The molecule has 1 aliphatic heterocycles. The van der Waals surface area contributed by atoms with Crippen LogP contribution in [0.4, 0.5) is 13.6 Å². The lowest BCUT2D eigenvalue weighted by Crippen LogP contribution is -2.45. The summed E-state index contributed by atoms with van der Waals surface area (Å²) >= 11 is 0. The summed E-state index contributed by atoms with van der Waals surface area (Å²) in [6.07, 6.45) is 0.345. The summed E-state index contributed by atoms with van der Waals surface area (Å²) in [5.41, 5.74) is -0.224. The second kappa shape index (κ2) is 7.68. The van der Waals surface area contributed by atoms with E-state index in [0.29, 0.717) is 19.4 Å². The van der Waals surface area contributed by atoms with Gasteiger partial charge in [0.2, 0.25) is 0 Å². The molecular formula is C17H18F2N4O4. The smallest absolute Gasteiger partial charge is 0.409 e. The van der Waals surface area contributed by atoms with Gasteiger partial charge in [-0.3, -0.25) is 4.79 Å². The number of benzene rings is 1. The Kier molecular flexibility index (Phi) is 5.33. The number of ether oxygens (including phenoxy) is 1. The average Bonchev–Trinajstić information content (AvgIpc) is 3.13. The van der Waals surface area contributed by atoms with E-state index in [9.17, 15) is 18.4 Å². The minimum Gasteiger partial charge on any atom is -0.444 e. The highest BCUT2D eigenvalue weighted by atomic mass is 19.2. The van der Waals surface area contributed by atoms with Gasteiger partial charge in [-0.2, -0.15) is 4.98 Å². The fourth-order valence-corrected chi connectivity index (χ4v) is 2.70. The van der Waals surface area contributed by atoms with E-state index in [4.69, 9.17) is 9.26 Å². The molecule has 1 aliphatic rings. The Balaban J connectivity index is 1.72. The summed E-state index contributed by atoms with van der Waals surface area (Å²) in [7, 11) is 3.14. The first-order valence-electron chi connectivity index (χ1n) is 8.32. The van der Waals surface area contributed by atoms with E-state index < -0.39 is 29.7 Å². The summed E-state index contributed by atoms with van der Waals surface area (Å²) in [5.74, 6) is -3.28. The van der Waals surface area contributed by atoms with Gasteiger partial charge in [0.25, 0.3) is 17.6 Å². The minimum atomic E-state index is -1.13. The normalized spacial score (nSPS) is 16.9. The minimum absolute atomic E-state index is 0.191. The third-order valence-corrected chi connectivity index (χ3v) is 4.10. The molecule has 0 aliphatic carbocycles. The van der Waals surface area contributed by atoms with E-state index in [0.717, 1.165) is 6.07 Å². The monoisotopic (exact) mass is 380 g/mol. The molecule has 1 unspecified atom stereocenters. The number of nitrogens with zero attached hydrogens (tertiary/aromatic N) is 4. The van der Waals surface area contributed by atoms with Crippen molar-refractivity contribution >= 4 is 12.0 Å². The van der Waals surface area contributed by atoms with Crippen molar-refractivity contribution in [3.8, 4) is 11.5 Å². The number of carbonyl (C=O) groups is 2. The highest BCUT2D eigenvalue weighted by molar-refractivity contribution is 5.90. The summed E-state index contributed by atoms with van der Waals surface area (Å²) in [4.78, 5) is 30.9. The number of amides is 2. The number of hydrogen-bond donors (Lipinski definition) is 0. The van der Waals surface area contributed by atoms with Crippen LogP contribution in [0.15, 0.2) is 22.7 Å². The molecule has 0 bridgehead atoms. The van der Waals surface area contributed by atoms with Gasteiger partial charge in [0.1, 0.15) is 6.10 Å². The number of aromatic nitrogens is 2. The number of hydrogen-bond acceptors (Lipinski definition) is 6. The molecule has 0 spiro atoms. The van der Waals surface area contributed by atoms with Crippen LogP contribution in [0.2, 0.25) is 0 Å². The second-order valence-electron chi connectivity index (χ2n) is 6.32. The molecule has 8 nitrogen and oxygen atoms in total. The third-order valence-electron chi connectivity index (χ3n) is 4.10. The van der Waals surface area contributed by atoms with Gasteiger partial charge in [0.15, 0.2) is 11.6 Å². The van der Waals surface area contributed by atoms with Crippen LogP contribution >= 0.6 is 0 Å². The van der Waals surface area contributed by atoms with Crippen molar-refractivity contribution in [3.63, 3.8) is 0 Å². The lowest BCUT2D eigenvalue weighted by molar-refractivity contribution is 0.0245. The molecule has 2 heterocycles. The largest absolute Gasteiger partial charge is 0.444 e. The van der Waals surface area contributed by atoms with Gasteiger partial charge >= 0.3 is 6.09 Å². The lowest BCUT2D eigenvalue weighted by Gasteiger charge is -2.32. The van der Waals surface area contributed by atoms with Crippen molar-refractivity contribution in [1.82, 2.24) is 19.9 Å². The van der Waals surface area contributed by atoms with Gasteiger partial charge in [0.05, 0.1) is 12.1 Å². The Bertz CT molecular complexity index is 855. The molecular weight excluding hydrogens is 362 g/mol. The first kappa shape index (κ1) is 18.7. The molecule has 27 heavy (non-hydrogen) atoms. The number of carbonyl (C=O) groups excluding carboxylic acids is 2. The van der Waals surface area contributed by atoms with E-state index >= 15 is 0 Å². The maximum Gasteiger partial charge on any atom is 0.409 e. The van der Waals surface area contributed by atoms with E-state index in [1.54, 1.807) is 14.1 Å². The highest BCUT2D eigenvalue weighted by Gasteiger charge is 2.30. The summed E-state index contributed by atoms with van der Waals surface area (Å²) in [6, 6.07) is 3.54. The maximum atomic E-state index is 13.8. The van der Waals surface area contributed by atoms with Crippen molar-refractivity contribution in [2.75, 3.05) is 27.2 Å². The zero-order chi connectivity index (χ0) is 19.6. The molecule has 1 aromatic heterocycles. The van der Waals surface area contributed by atoms with Crippen molar-refractivity contribution < 1.29 is 27.6 Å². The van der Waals surface area contributed by atoms with E-state index in [1.165, 1.54) is 21.9 Å². The molecule has 1 saturated heterocycles. The number of rotatable bonds is 3. The molecule has 2 aromatic rings. The van der Waals surface area contributed by atoms with Crippen molar-refractivity contribution in [1.29, 1.82) is 0 Å². The van der Waals surface area contributed by atoms with Crippen LogP contribution in [-0.2, 0) is 4.74 Å². The van der Waals surface area contributed by atoms with Gasteiger partial charge in [-0.05, 0) is 25.0 Å². The summed E-state index contributed by atoms with van der Waals surface area (Å²) in [6.45, 7) is 0.629. The summed E-state index contributed by atoms with van der Waals surface area (Å²) in [5, 5.41) is 3.57. The number of likely N-dealkylation sites (tertiary alicyclic amines) is 1. The molecule has 1 atom stereocenters. The zero-order valence-corrected chi connectivity index (χ0v) is 14.8. The molecule has 1 aromatic carbocycles. The van der Waals surface area contributed by atoms with Crippen LogP contribution in [0.1, 0.15) is 23.5 Å². The first-order valence-corrected chi connectivity index (χ1v) is 8.32. The van der Waals surface area contributed by atoms with Gasteiger partial charge < -0.3 is 19.1 Å². The Hall–Kier alpha value is -3.04. The molecule has 1 fully saturated rings. The predicted octanol–water partition coefficient (Wildman–Crippen LogP) is 2.32. The molecule has 2 amide bonds. The summed E-state index contributed by atoms with van der Waals surface area (Å²) < 4.78 is 37.4. The number of halogens is 2. The number of piperidine rings is 1. The molecule has 144 valence electrons. The fourth-order valence-electron chi connectivity index (χ4n) is 2.70. The standard InChI is InChI=1S/C17H18F2N4O4/c1-22(2)17(25)26-10-5-4-8-23(9-10)16(24)14-20-15(27-21-14)11-6-3-7-12(18)13(11)19/h3,6-7,10H,4-5,8-9H2,1-2H3. The van der Waals surface area contributed by atoms with E-state index in [1.807, 2.05) is 0 Å². The molecule has 10 heteroatoms. The van der Waals surface area contributed by atoms with Gasteiger partial charge in [0, 0.05) is 20.6 Å². The van der Waals surface area contributed by atoms with Crippen LogP contribution < -0.4 is 0 Å². The van der Waals surface area contributed by atoms with Crippen molar-refractivity contribution in [2.24, 2.45) is 0 Å². The van der Waals surface area contributed by atoms with E-state index in [2.05, 4.69) is 10.1 Å². The average molecular weight is 380 g/mol. The van der Waals surface area contributed by atoms with Crippen LogP contribution in [0.25, 0.3) is 11.5 Å². The SMILES string of the molecule is CN(C)C(=O)OC1CCCN(C(=O)c2noc(-c3cccc(F)c3F)n2)C1. The molecule has 0 radical (unpaired) electrons. The topological polar surface area (TPSA) is 88.8 Å². The predicted molar refractivity (Wildman–Crippen MR) is 88.7 cm³/mol. The Morgan fingerprint density at radius 2 is 2.11 bits per heavy atom. The van der Waals surface area contributed by atoms with Crippen LogP contribution in [-0.4, -0.2) is 65.2 Å². The van der Waals surface area contributed by atoms with Crippen molar-refractivity contribution in [3.05, 3.63) is 35.7 Å². The Morgan fingerprint density at radius 1 is 1.33 bits per heavy atom. The van der Waals surface area contributed by atoms with Gasteiger partial charge in [-0.1, -0.05) is 11.2 Å². The zero-order valence-electron chi connectivity index (χ0n) is 14.8. The van der Waals surface area contributed by atoms with Crippen LogP contribution in [0.5, 0.6) is 0 Å². The van der Waals surface area contributed by atoms with Crippen LogP contribution in [0, 0.1) is 11.6 Å². The quantitative estimate of drug-likeness (QED) is 0.812. The molecule has 0 saturated carbocycles. The molecule has 0 N–H and O–H groups in total. The fraction of sp³-hybridized carbons (Fsp3) is 0.412. The van der Waals surface area contributed by atoms with Crippen LogP contribution in [0.3, 0.4) is 0 Å². The van der Waals surface area contributed by atoms with Gasteiger partial charge in [-0.25, -0.2) is 13.6 Å². The van der Waals surface area contributed by atoms with E-state index in [-0.39, 0.29) is 23.8 Å². The maximum absolute atomic E-state index is 13.8. The molecule has 3 rings (SSSR count).